The van der Waals surface area contributed by atoms with Crippen LogP contribution in [0.15, 0.2) is 48.5 Å². The smallest absolute Gasteiger partial charge is 0.170 e. The molecule has 5 heteroatoms. The van der Waals surface area contributed by atoms with Gasteiger partial charge in [-0.2, -0.15) is 0 Å². The molecule has 1 heterocycles. The Morgan fingerprint density at radius 2 is 1.96 bits per heavy atom. The van der Waals surface area contributed by atoms with Crippen molar-refractivity contribution in [1.29, 1.82) is 0 Å². The fraction of sp³-hybridized carbons (Fsp3) is 0.350. The van der Waals surface area contributed by atoms with Crippen LogP contribution in [0.3, 0.4) is 0 Å². The summed E-state index contributed by atoms with van der Waals surface area (Å²) in [5, 5.41) is 0. The van der Waals surface area contributed by atoms with Gasteiger partial charge in [0.05, 0.1) is 39.2 Å². The standard InChI is InChI=1S/C20H23NO3.ClH/c1-21(2)11-6-12-23-16-8-5-7-15(13-16)20-14-18(22)17-9-3-4-10-19(17)24-20;/h3-5,7-10,13,20H,6,11-12,14H2,1-2H3;1H. The quantitative estimate of drug-likeness (QED) is 0.692. The van der Waals surface area contributed by atoms with Crippen LogP contribution in [0.4, 0.5) is 0 Å². The molecule has 0 saturated carbocycles. The summed E-state index contributed by atoms with van der Waals surface area (Å²) in [6.45, 7) is 1.78. The average molecular weight is 362 g/mol. The van der Waals surface area contributed by atoms with Crippen LogP contribution in [-0.2, 0) is 0 Å². The monoisotopic (exact) mass is 361 g/mol. The lowest BCUT2D eigenvalue weighted by Crippen LogP contribution is -3.05. The molecular weight excluding hydrogens is 338 g/mol. The van der Waals surface area contributed by atoms with E-state index in [0.717, 1.165) is 24.3 Å². The number of hydrogen-bond acceptors (Lipinski definition) is 3. The molecule has 4 nitrogen and oxygen atoms in total. The molecular formula is C20H24ClNO3. The zero-order valence-electron chi connectivity index (χ0n) is 14.6. The van der Waals surface area contributed by atoms with Gasteiger partial charge < -0.3 is 26.8 Å². The third kappa shape index (κ3) is 4.97. The number of ether oxygens (including phenoxy) is 2. The Labute approximate surface area is 155 Å². The van der Waals surface area contributed by atoms with Gasteiger partial charge in [-0.15, -0.1) is 0 Å². The second-order valence-corrected chi connectivity index (χ2v) is 6.46. The Morgan fingerprint density at radius 1 is 1.16 bits per heavy atom. The van der Waals surface area contributed by atoms with Crippen molar-refractivity contribution in [3.63, 3.8) is 0 Å². The van der Waals surface area contributed by atoms with Gasteiger partial charge in [0.2, 0.25) is 0 Å². The zero-order chi connectivity index (χ0) is 16.9. The lowest BCUT2D eigenvalue weighted by atomic mass is 9.96. The molecule has 1 aliphatic rings. The second-order valence-electron chi connectivity index (χ2n) is 6.46. The van der Waals surface area contributed by atoms with Gasteiger partial charge in [-0.05, 0) is 29.8 Å². The number of para-hydroxylation sites is 1. The Hall–Kier alpha value is -2.04. The predicted molar refractivity (Wildman–Crippen MR) is 93.0 cm³/mol. The van der Waals surface area contributed by atoms with Crippen LogP contribution in [0.2, 0.25) is 0 Å². The zero-order valence-corrected chi connectivity index (χ0v) is 15.4. The minimum Gasteiger partial charge on any atom is -1.00 e. The van der Waals surface area contributed by atoms with Gasteiger partial charge in [0.15, 0.2) is 5.78 Å². The third-order valence-electron chi connectivity index (χ3n) is 4.15. The number of nitrogens with one attached hydrogen (secondary N) is 1. The summed E-state index contributed by atoms with van der Waals surface area (Å²) in [4.78, 5) is 13.7. The lowest BCUT2D eigenvalue weighted by Gasteiger charge is -2.25. The van der Waals surface area contributed by atoms with E-state index in [1.165, 1.54) is 4.90 Å². The van der Waals surface area contributed by atoms with Crippen LogP contribution in [0.5, 0.6) is 11.5 Å². The van der Waals surface area contributed by atoms with E-state index in [-0.39, 0.29) is 24.3 Å². The Kier molecular flexibility index (Phi) is 6.85. The van der Waals surface area contributed by atoms with Crippen LogP contribution >= 0.6 is 0 Å². The minimum absolute atomic E-state index is 0. The van der Waals surface area contributed by atoms with E-state index in [1.807, 2.05) is 48.5 Å². The maximum atomic E-state index is 12.3. The second kappa shape index (κ2) is 8.88. The van der Waals surface area contributed by atoms with Crippen molar-refractivity contribution in [3.05, 3.63) is 59.7 Å². The average Bonchev–Trinajstić information content (AvgIpc) is 2.59. The summed E-state index contributed by atoms with van der Waals surface area (Å²) in [6, 6.07) is 15.3. The summed E-state index contributed by atoms with van der Waals surface area (Å²) in [7, 11) is 4.27. The molecule has 0 fully saturated rings. The molecule has 1 N–H and O–H groups in total. The number of benzene rings is 2. The van der Waals surface area contributed by atoms with E-state index in [0.29, 0.717) is 24.3 Å². The normalized spacial score (nSPS) is 16.0. The Balaban J connectivity index is 0.00000225. The van der Waals surface area contributed by atoms with Crippen LogP contribution < -0.4 is 26.8 Å². The molecule has 0 saturated heterocycles. The number of hydrogen-bond donors (Lipinski definition) is 1. The molecule has 25 heavy (non-hydrogen) atoms. The van der Waals surface area contributed by atoms with Gasteiger partial charge in [0, 0.05) is 6.42 Å². The predicted octanol–water partition coefficient (Wildman–Crippen LogP) is -0.689. The largest absolute Gasteiger partial charge is 1.00 e. The van der Waals surface area contributed by atoms with Gasteiger partial charge in [-0.3, -0.25) is 4.79 Å². The van der Waals surface area contributed by atoms with Gasteiger partial charge >= 0.3 is 0 Å². The molecule has 0 radical (unpaired) electrons. The molecule has 0 aliphatic carbocycles. The van der Waals surface area contributed by atoms with Crippen molar-refractivity contribution in [2.24, 2.45) is 0 Å². The van der Waals surface area contributed by atoms with Gasteiger partial charge in [-0.1, -0.05) is 24.3 Å². The number of fused-ring (bicyclic) bond motifs is 1. The van der Waals surface area contributed by atoms with E-state index in [9.17, 15) is 4.79 Å². The van der Waals surface area contributed by atoms with E-state index < -0.39 is 0 Å². The maximum absolute atomic E-state index is 12.3. The number of halogens is 1. The molecule has 1 aliphatic heterocycles. The first-order valence-electron chi connectivity index (χ1n) is 8.44. The summed E-state index contributed by atoms with van der Waals surface area (Å²) in [5.74, 6) is 1.62. The van der Waals surface area contributed by atoms with Gasteiger partial charge in [-0.25, -0.2) is 0 Å². The van der Waals surface area contributed by atoms with E-state index >= 15 is 0 Å². The number of carbonyl (C=O) groups excluding carboxylic acids is 1. The Bertz CT molecular complexity index is 718. The highest BCUT2D eigenvalue weighted by Crippen LogP contribution is 2.35. The first kappa shape index (κ1) is 19.3. The minimum atomic E-state index is -0.248. The number of ketones is 1. The first-order chi connectivity index (χ1) is 11.6. The molecule has 2 aromatic carbocycles. The molecule has 0 amide bonds. The van der Waals surface area contributed by atoms with E-state index in [4.69, 9.17) is 9.47 Å². The topological polar surface area (TPSA) is 40.0 Å². The molecule has 134 valence electrons. The van der Waals surface area contributed by atoms with Gasteiger partial charge in [0.1, 0.15) is 17.6 Å². The van der Waals surface area contributed by atoms with Crippen molar-refractivity contribution in [3.8, 4) is 11.5 Å². The number of quaternary nitrogens is 1. The molecule has 0 spiro atoms. The van der Waals surface area contributed by atoms with Gasteiger partial charge in [0.25, 0.3) is 0 Å². The first-order valence-corrected chi connectivity index (χ1v) is 8.44. The molecule has 2 aromatic rings. The summed E-state index contributed by atoms with van der Waals surface area (Å²) >= 11 is 0. The number of Topliss-reactive ketones (excluding diaryl/α,β-unsaturated/α-hetero) is 1. The van der Waals surface area contributed by atoms with Crippen molar-refractivity contribution in [1.82, 2.24) is 0 Å². The summed E-state index contributed by atoms with van der Waals surface area (Å²) < 4.78 is 11.9. The highest BCUT2D eigenvalue weighted by molar-refractivity contribution is 5.99. The number of carbonyl (C=O) groups is 1. The highest BCUT2D eigenvalue weighted by Gasteiger charge is 2.27. The highest BCUT2D eigenvalue weighted by atomic mass is 35.5. The van der Waals surface area contributed by atoms with Crippen molar-refractivity contribution >= 4 is 5.78 Å². The summed E-state index contributed by atoms with van der Waals surface area (Å²) in [6.07, 6.45) is 1.13. The van der Waals surface area contributed by atoms with Crippen LogP contribution in [-0.4, -0.2) is 33.0 Å². The molecule has 0 aromatic heterocycles. The van der Waals surface area contributed by atoms with Crippen molar-refractivity contribution < 1.29 is 31.6 Å². The van der Waals surface area contributed by atoms with Crippen LogP contribution in [0.1, 0.15) is 34.9 Å². The van der Waals surface area contributed by atoms with Crippen molar-refractivity contribution in [2.45, 2.75) is 18.9 Å². The summed E-state index contributed by atoms with van der Waals surface area (Å²) in [5.41, 5.74) is 1.65. The molecule has 3 rings (SSSR count). The number of rotatable bonds is 6. The molecule has 0 bridgehead atoms. The van der Waals surface area contributed by atoms with Crippen LogP contribution in [0.25, 0.3) is 0 Å². The fourth-order valence-electron chi connectivity index (χ4n) is 2.88. The van der Waals surface area contributed by atoms with E-state index in [2.05, 4.69) is 14.1 Å². The maximum Gasteiger partial charge on any atom is 0.170 e. The third-order valence-corrected chi connectivity index (χ3v) is 4.15. The fourth-order valence-corrected chi connectivity index (χ4v) is 2.88. The molecule has 1 unspecified atom stereocenters. The van der Waals surface area contributed by atoms with Crippen LogP contribution in [0, 0.1) is 0 Å². The van der Waals surface area contributed by atoms with Crippen molar-refractivity contribution in [2.75, 3.05) is 27.2 Å². The Morgan fingerprint density at radius 3 is 2.76 bits per heavy atom. The SMILES string of the molecule is C[NH+](C)CCCOc1cccc(C2CC(=O)c3ccccc3O2)c1.[Cl-]. The molecule has 1 atom stereocenters. The van der Waals surface area contributed by atoms with E-state index in [1.54, 1.807) is 0 Å². The lowest BCUT2D eigenvalue weighted by molar-refractivity contribution is -0.858.